The molecule has 0 bridgehead atoms. The largest absolute Gasteiger partial charge is 0.421 e. The van der Waals surface area contributed by atoms with Crippen molar-refractivity contribution in [2.45, 2.75) is 63.7 Å². The number of rotatable bonds is 7. The normalized spacial score (nSPS) is 18.1. The highest BCUT2D eigenvalue weighted by Gasteiger charge is 2.45. The molecule has 1 fully saturated rings. The van der Waals surface area contributed by atoms with Gasteiger partial charge in [-0.2, -0.15) is 13.2 Å². The highest BCUT2D eigenvalue weighted by molar-refractivity contribution is 7.23. The van der Waals surface area contributed by atoms with E-state index in [1.165, 1.54) is 29.7 Å². The summed E-state index contributed by atoms with van der Waals surface area (Å²) in [4.78, 5) is 31.0. The minimum atomic E-state index is -4.47. The molecule has 2 atom stereocenters. The molecule has 0 spiro atoms. The van der Waals surface area contributed by atoms with E-state index in [2.05, 4.69) is 25.5 Å². The van der Waals surface area contributed by atoms with E-state index < -0.39 is 17.8 Å². The van der Waals surface area contributed by atoms with Gasteiger partial charge in [0.1, 0.15) is 11.6 Å². The fourth-order valence-electron chi connectivity index (χ4n) is 7.78. The van der Waals surface area contributed by atoms with Crippen molar-refractivity contribution >= 4 is 33.1 Å². The summed E-state index contributed by atoms with van der Waals surface area (Å²) in [6.45, 7) is 2.34. The van der Waals surface area contributed by atoms with Gasteiger partial charge in [0, 0.05) is 36.3 Å². The summed E-state index contributed by atoms with van der Waals surface area (Å²) in [5, 5.41) is 12.8. The molecule has 258 valence electrons. The Hall–Kier alpha value is -5.24. The molecular formula is C37H29F4N7O2S. The van der Waals surface area contributed by atoms with Crippen molar-refractivity contribution in [3.63, 3.8) is 0 Å². The fraction of sp³-hybridized carbons (Fsp3) is 0.297. The van der Waals surface area contributed by atoms with Crippen LogP contribution in [0.5, 0.6) is 0 Å². The van der Waals surface area contributed by atoms with Crippen molar-refractivity contribution in [1.82, 2.24) is 30.0 Å². The molecule has 51 heavy (non-hydrogen) atoms. The Morgan fingerprint density at radius 1 is 0.980 bits per heavy atom. The molecule has 7 heterocycles. The van der Waals surface area contributed by atoms with Crippen LogP contribution in [0, 0.1) is 12.7 Å². The maximum absolute atomic E-state index is 14.2. The number of amides is 1. The van der Waals surface area contributed by atoms with E-state index in [1.54, 1.807) is 25.3 Å². The first-order valence-electron chi connectivity index (χ1n) is 16.8. The second kappa shape index (κ2) is 11.9. The van der Waals surface area contributed by atoms with Crippen molar-refractivity contribution in [3.8, 4) is 21.9 Å². The monoisotopic (exact) mass is 711 g/mol. The van der Waals surface area contributed by atoms with Gasteiger partial charge >= 0.3 is 6.18 Å². The Labute approximate surface area is 292 Å². The first kappa shape index (κ1) is 31.7. The van der Waals surface area contributed by atoms with Gasteiger partial charge in [0.15, 0.2) is 0 Å². The number of aryl methyl sites for hydroxylation is 3. The highest BCUT2D eigenvalue weighted by Crippen LogP contribution is 2.51. The molecule has 6 aromatic rings. The summed E-state index contributed by atoms with van der Waals surface area (Å²) in [6, 6.07) is 10.7. The molecule has 1 aliphatic carbocycles. The molecule has 1 N–H and O–H groups in total. The topological polar surface area (TPSA) is 110 Å². The van der Waals surface area contributed by atoms with Crippen molar-refractivity contribution < 1.29 is 26.8 Å². The third kappa shape index (κ3) is 5.34. The number of nitrogens with one attached hydrogen (secondary N) is 1. The van der Waals surface area contributed by atoms with E-state index in [4.69, 9.17) is 9.40 Å². The van der Waals surface area contributed by atoms with Gasteiger partial charge in [-0.05, 0) is 85.4 Å². The number of halogens is 4. The van der Waals surface area contributed by atoms with Crippen LogP contribution in [-0.4, -0.2) is 42.5 Å². The molecule has 5 aromatic heterocycles. The number of carbonyl (C=O) groups is 1. The lowest BCUT2D eigenvalue weighted by molar-refractivity contribution is -0.138. The van der Waals surface area contributed by atoms with Gasteiger partial charge in [0.25, 0.3) is 5.91 Å². The predicted octanol–water partition coefficient (Wildman–Crippen LogP) is 8.44. The fourth-order valence-corrected chi connectivity index (χ4v) is 8.94. The molecule has 9 nitrogen and oxygen atoms in total. The number of aromatic nitrogens is 5. The summed E-state index contributed by atoms with van der Waals surface area (Å²) in [5.74, 6) is 0.714. The Morgan fingerprint density at radius 2 is 1.80 bits per heavy atom. The third-order valence-corrected chi connectivity index (χ3v) is 11.2. The Kier molecular flexibility index (Phi) is 7.42. The van der Waals surface area contributed by atoms with E-state index in [-0.39, 0.29) is 35.6 Å². The predicted molar refractivity (Wildman–Crippen MR) is 182 cm³/mol. The molecule has 1 saturated heterocycles. The van der Waals surface area contributed by atoms with E-state index >= 15 is 0 Å². The number of benzene rings is 1. The zero-order valence-corrected chi connectivity index (χ0v) is 28.0. The zero-order chi connectivity index (χ0) is 35.0. The summed E-state index contributed by atoms with van der Waals surface area (Å²) in [6.07, 6.45) is 1.81. The first-order valence-corrected chi connectivity index (χ1v) is 17.6. The van der Waals surface area contributed by atoms with Gasteiger partial charge in [0.05, 0.1) is 50.6 Å². The molecular weight excluding hydrogens is 683 g/mol. The standard InChI is InChI=1S/C37H29F4N7O2S/c1-18-46-47-35(50-18)28-24(10-6-19-4-7-21(38)8-5-19)44-32-26-3-2-16-48(26)36(49)30(32)29(28)27-17-20-12-14-43-34(33(20)51-27)45-25-11-9-22-23(37(39,40)41)13-15-42-31(22)25/h4-5,7-8,12-15,17,25-26H,2-3,6,9-11,16H2,1H3,(H,43,45)/t25?,26-/m0/s1. The quantitative estimate of drug-likeness (QED) is 0.164. The third-order valence-electron chi connectivity index (χ3n) is 10.0. The van der Waals surface area contributed by atoms with Crippen LogP contribution >= 0.6 is 11.3 Å². The van der Waals surface area contributed by atoms with Crippen LogP contribution < -0.4 is 5.32 Å². The maximum Gasteiger partial charge on any atom is 0.416 e. The van der Waals surface area contributed by atoms with Crippen LogP contribution in [0.4, 0.5) is 23.4 Å². The lowest BCUT2D eigenvalue weighted by Gasteiger charge is -2.16. The average Bonchev–Trinajstić information content (AvgIpc) is 3.95. The van der Waals surface area contributed by atoms with Gasteiger partial charge in [-0.1, -0.05) is 12.1 Å². The molecule has 0 saturated carbocycles. The van der Waals surface area contributed by atoms with Gasteiger partial charge in [-0.25, -0.2) is 9.37 Å². The smallest absolute Gasteiger partial charge is 0.416 e. The first-order chi connectivity index (χ1) is 24.6. The molecule has 1 unspecified atom stereocenters. The zero-order valence-electron chi connectivity index (χ0n) is 27.2. The molecule has 3 aliphatic rings. The number of fused-ring (bicyclic) bond motifs is 5. The molecule has 1 amide bonds. The minimum absolute atomic E-state index is 0.0967. The second-order valence-corrected chi connectivity index (χ2v) is 14.2. The number of hydrogen-bond acceptors (Lipinski definition) is 9. The number of alkyl halides is 3. The molecule has 9 rings (SSSR count). The van der Waals surface area contributed by atoms with E-state index in [1.807, 2.05) is 17.0 Å². The van der Waals surface area contributed by atoms with Crippen LogP contribution in [0.25, 0.3) is 32.0 Å². The maximum atomic E-state index is 14.2. The van der Waals surface area contributed by atoms with Crippen molar-refractivity contribution in [1.29, 1.82) is 0 Å². The summed E-state index contributed by atoms with van der Waals surface area (Å²) in [5.41, 5.74) is 4.03. The summed E-state index contributed by atoms with van der Waals surface area (Å²) >= 11 is 1.43. The van der Waals surface area contributed by atoms with Crippen LogP contribution in [0.15, 0.2) is 59.3 Å². The van der Waals surface area contributed by atoms with Gasteiger partial charge in [-0.15, -0.1) is 21.5 Å². The van der Waals surface area contributed by atoms with E-state index in [9.17, 15) is 22.4 Å². The molecule has 1 aromatic carbocycles. The average molecular weight is 712 g/mol. The Bertz CT molecular complexity index is 2350. The van der Waals surface area contributed by atoms with Crippen LogP contribution in [0.1, 0.15) is 81.4 Å². The number of nitrogens with zero attached hydrogens (tertiary/aromatic N) is 6. The summed E-state index contributed by atoms with van der Waals surface area (Å²) in [7, 11) is 0. The number of pyridine rings is 3. The molecule has 2 aliphatic heterocycles. The lowest BCUT2D eigenvalue weighted by atomic mass is 9.93. The molecule has 14 heteroatoms. The van der Waals surface area contributed by atoms with Crippen LogP contribution in [0.3, 0.4) is 0 Å². The van der Waals surface area contributed by atoms with Gasteiger partial charge < -0.3 is 14.6 Å². The summed E-state index contributed by atoms with van der Waals surface area (Å²) < 4.78 is 61.9. The van der Waals surface area contributed by atoms with E-state index in [0.29, 0.717) is 65.6 Å². The van der Waals surface area contributed by atoms with Gasteiger partial charge in [0.2, 0.25) is 11.8 Å². The Morgan fingerprint density at radius 3 is 2.59 bits per heavy atom. The van der Waals surface area contributed by atoms with Crippen molar-refractivity contribution in [2.24, 2.45) is 0 Å². The van der Waals surface area contributed by atoms with Crippen LogP contribution in [0.2, 0.25) is 0 Å². The van der Waals surface area contributed by atoms with Gasteiger partial charge in [-0.3, -0.25) is 14.8 Å². The van der Waals surface area contributed by atoms with Crippen LogP contribution in [-0.2, 0) is 25.4 Å². The second-order valence-electron chi connectivity index (χ2n) is 13.1. The number of carbonyl (C=O) groups excluding carboxylic acids is 1. The lowest BCUT2D eigenvalue weighted by Crippen LogP contribution is -2.22. The SMILES string of the molecule is Cc1nnc(-c2c(CCc3ccc(F)cc3)nc3c(c2-c2cc4ccnc(NC5CCc6c(C(F)(F)F)ccnc65)c4s2)C(=O)N2CCC[C@@H]32)o1. The number of hydrogen-bond donors (Lipinski definition) is 1. The highest BCUT2D eigenvalue weighted by atomic mass is 32.1. The van der Waals surface area contributed by atoms with Crippen molar-refractivity contribution in [3.05, 3.63) is 106 Å². The number of thiophene rings is 1. The molecule has 0 radical (unpaired) electrons. The minimum Gasteiger partial charge on any atom is -0.421 e. The van der Waals surface area contributed by atoms with E-state index in [0.717, 1.165) is 45.1 Å². The number of anilines is 1. The Balaban J connectivity index is 1.19. The van der Waals surface area contributed by atoms with Crippen molar-refractivity contribution in [2.75, 3.05) is 11.9 Å².